The Morgan fingerprint density at radius 2 is 1.94 bits per heavy atom. The van der Waals surface area contributed by atoms with Crippen LogP contribution in [0.25, 0.3) is 0 Å². The molecule has 35 heavy (non-hydrogen) atoms. The van der Waals surface area contributed by atoms with E-state index in [2.05, 4.69) is 44.4 Å². The first-order chi connectivity index (χ1) is 16.4. The van der Waals surface area contributed by atoms with E-state index in [9.17, 15) is 18.3 Å². The van der Waals surface area contributed by atoms with Crippen molar-refractivity contribution in [1.82, 2.24) is 9.21 Å². The minimum absolute atomic E-state index is 0.0201. The first-order valence-electron chi connectivity index (χ1n) is 12.5. The number of hydrogen-bond acceptors (Lipinski definition) is 4. The first-order valence-corrected chi connectivity index (χ1v) is 13.9. The summed E-state index contributed by atoms with van der Waals surface area (Å²) in [7, 11) is -3.76. The number of sulfonamides is 1. The molecule has 1 N–H and O–H groups in total. The van der Waals surface area contributed by atoms with E-state index in [-0.39, 0.29) is 28.8 Å². The first kappa shape index (κ1) is 27.4. The zero-order valence-electron chi connectivity index (χ0n) is 21.7. The van der Waals surface area contributed by atoms with E-state index in [1.807, 2.05) is 32.1 Å². The number of aliphatic carboxylic acids is 1. The Morgan fingerprint density at radius 1 is 1.23 bits per heavy atom. The predicted octanol–water partition coefficient (Wildman–Crippen LogP) is 4.67. The van der Waals surface area contributed by atoms with E-state index in [0.717, 1.165) is 12.1 Å². The van der Waals surface area contributed by atoms with Crippen LogP contribution in [-0.2, 0) is 27.7 Å². The maximum absolute atomic E-state index is 13.9. The maximum atomic E-state index is 13.9. The second-order valence-corrected chi connectivity index (χ2v) is 12.6. The lowest BCUT2D eigenvalue weighted by Crippen LogP contribution is -2.59. The van der Waals surface area contributed by atoms with Gasteiger partial charge in [-0.25, -0.2) is 8.42 Å². The molecular weight excluding hydrogens is 460 g/mol. The second-order valence-electron chi connectivity index (χ2n) is 10.8. The minimum Gasteiger partial charge on any atom is -0.481 e. The van der Waals surface area contributed by atoms with Crippen molar-refractivity contribution in [2.75, 3.05) is 19.6 Å². The van der Waals surface area contributed by atoms with Gasteiger partial charge in [0.2, 0.25) is 10.0 Å². The average Bonchev–Trinajstić information content (AvgIpc) is 3.22. The van der Waals surface area contributed by atoms with Crippen molar-refractivity contribution in [2.24, 2.45) is 11.3 Å². The van der Waals surface area contributed by atoms with E-state index >= 15 is 0 Å². The highest BCUT2D eigenvalue weighted by molar-refractivity contribution is 7.89. The summed E-state index contributed by atoms with van der Waals surface area (Å²) in [6.45, 7) is 16.4. The summed E-state index contributed by atoms with van der Waals surface area (Å²) in [5.41, 5.74) is 2.74. The van der Waals surface area contributed by atoms with Crippen LogP contribution >= 0.6 is 0 Å². The summed E-state index contributed by atoms with van der Waals surface area (Å²) in [6.07, 6.45) is 9.50. The number of carbonyl (C=O) groups is 1. The van der Waals surface area contributed by atoms with Gasteiger partial charge < -0.3 is 5.11 Å². The van der Waals surface area contributed by atoms with Gasteiger partial charge in [0.25, 0.3) is 0 Å². The number of carboxylic acid groups (broad SMARTS) is 1. The van der Waals surface area contributed by atoms with Gasteiger partial charge in [0.1, 0.15) is 0 Å². The normalized spacial score (nSPS) is 24.6. The highest BCUT2D eigenvalue weighted by Gasteiger charge is 2.42. The molecule has 1 fully saturated rings. The summed E-state index contributed by atoms with van der Waals surface area (Å²) in [5, 5.41) is 9.48. The highest BCUT2D eigenvalue weighted by Crippen LogP contribution is 2.36. The molecule has 0 radical (unpaired) electrons. The predicted molar refractivity (Wildman–Crippen MR) is 141 cm³/mol. The van der Waals surface area contributed by atoms with Gasteiger partial charge in [-0.05, 0) is 54.4 Å². The number of allylic oxidation sites excluding steroid dienone is 4. The quantitative estimate of drug-likeness (QED) is 0.525. The smallest absolute Gasteiger partial charge is 0.307 e. The van der Waals surface area contributed by atoms with Gasteiger partial charge in [0.15, 0.2) is 0 Å². The lowest BCUT2D eigenvalue weighted by Gasteiger charge is -2.44. The van der Waals surface area contributed by atoms with Crippen molar-refractivity contribution in [3.63, 3.8) is 0 Å². The van der Waals surface area contributed by atoms with Crippen LogP contribution in [-0.4, -0.2) is 60.4 Å². The zero-order chi connectivity index (χ0) is 26.0. The molecule has 3 unspecified atom stereocenters. The van der Waals surface area contributed by atoms with Crippen molar-refractivity contribution in [1.29, 1.82) is 0 Å². The van der Waals surface area contributed by atoms with E-state index in [0.29, 0.717) is 31.5 Å². The number of nitrogens with zero attached hydrogens (tertiary/aromatic N) is 2. The molecule has 0 bridgehead atoms. The Morgan fingerprint density at radius 3 is 2.54 bits per heavy atom. The largest absolute Gasteiger partial charge is 0.481 e. The topological polar surface area (TPSA) is 77.9 Å². The number of rotatable bonds is 8. The molecule has 0 spiro atoms. The number of fused-ring (bicyclic) bond motifs is 1. The molecule has 3 atom stereocenters. The Hall–Kier alpha value is -2.22. The standard InChI is InChI=1S/C28H40N2O4S/c1-7-11-23(28(4,5)6)13-10-15-29-18-20(3)30(24(8-2)19-29)35(33,34)26-14-9-12-21-16-22(27(31)32)17-25(21)26/h7,9-14,20,22,24H,1,8,15-19H2,2-6H3,(H,31,32)/b13-10-,23-11+. The van der Waals surface area contributed by atoms with Crippen LogP contribution in [0.5, 0.6) is 0 Å². The molecule has 7 heteroatoms. The fourth-order valence-electron chi connectivity index (χ4n) is 5.32. The van der Waals surface area contributed by atoms with Crippen LogP contribution in [0.4, 0.5) is 0 Å². The van der Waals surface area contributed by atoms with Crippen LogP contribution in [0.2, 0.25) is 0 Å². The highest BCUT2D eigenvalue weighted by atomic mass is 32.2. The fourth-order valence-corrected chi connectivity index (χ4v) is 7.47. The van der Waals surface area contributed by atoms with Crippen molar-refractivity contribution < 1.29 is 18.3 Å². The third-order valence-electron chi connectivity index (χ3n) is 7.13. The Labute approximate surface area is 211 Å². The molecule has 1 saturated heterocycles. The molecule has 0 aromatic heterocycles. The number of carboxylic acids is 1. The monoisotopic (exact) mass is 500 g/mol. The molecule has 1 aliphatic heterocycles. The van der Waals surface area contributed by atoms with Gasteiger partial charge in [0.05, 0.1) is 10.8 Å². The van der Waals surface area contributed by atoms with Gasteiger partial charge >= 0.3 is 5.97 Å². The Bertz CT molecular complexity index is 1110. The fraction of sp³-hybridized carbons (Fsp3) is 0.536. The molecule has 1 aromatic rings. The summed E-state index contributed by atoms with van der Waals surface area (Å²) in [5.74, 6) is -1.43. The van der Waals surface area contributed by atoms with Crippen molar-refractivity contribution >= 4 is 16.0 Å². The van der Waals surface area contributed by atoms with Crippen molar-refractivity contribution in [3.05, 3.63) is 65.8 Å². The molecule has 1 aromatic carbocycles. The van der Waals surface area contributed by atoms with Gasteiger partial charge in [-0.1, -0.05) is 70.7 Å². The van der Waals surface area contributed by atoms with E-state index in [1.165, 1.54) is 5.57 Å². The number of benzene rings is 1. The summed E-state index contributed by atoms with van der Waals surface area (Å²) >= 11 is 0. The number of piperazine rings is 1. The Balaban J connectivity index is 1.81. The van der Waals surface area contributed by atoms with E-state index in [1.54, 1.807) is 16.4 Å². The van der Waals surface area contributed by atoms with Gasteiger partial charge in [-0.2, -0.15) is 4.31 Å². The lowest BCUT2D eigenvalue weighted by molar-refractivity contribution is -0.141. The molecule has 0 saturated carbocycles. The SMILES string of the molecule is C=C/C=C(\C=C/CN1CC(C)N(S(=O)(=O)c2cccc3c2CC(C(=O)O)C3)C(CC)C1)C(C)(C)C. The van der Waals surface area contributed by atoms with Crippen LogP contribution in [0.1, 0.15) is 52.2 Å². The van der Waals surface area contributed by atoms with E-state index < -0.39 is 21.9 Å². The molecule has 1 heterocycles. The molecular formula is C28H40N2O4S. The van der Waals surface area contributed by atoms with Crippen LogP contribution in [0.3, 0.4) is 0 Å². The molecule has 0 amide bonds. The molecule has 192 valence electrons. The molecule has 2 aliphatic rings. The summed E-state index contributed by atoms with van der Waals surface area (Å²) in [6, 6.07) is 4.91. The lowest BCUT2D eigenvalue weighted by atomic mass is 9.86. The third-order valence-corrected chi connectivity index (χ3v) is 9.28. The van der Waals surface area contributed by atoms with Gasteiger partial charge in [-0.3, -0.25) is 9.69 Å². The van der Waals surface area contributed by atoms with E-state index in [4.69, 9.17) is 0 Å². The van der Waals surface area contributed by atoms with Crippen LogP contribution in [0, 0.1) is 11.3 Å². The van der Waals surface area contributed by atoms with Gasteiger partial charge in [-0.15, -0.1) is 0 Å². The van der Waals surface area contributed by atoms with Crippen LogP contribution < -0.4 is 0 Å². The zero-order valence-corrected chi connectivity index (χ0v) is 22.5. The molecule has 1 aliphatic carbocycles. The summed E-state index contributed by atoms with van der Waals surface area (Å²) < 4.78 is 29.5. The minimum atomic E-state index is -3.76. The third kappa shape index (κ3) is 5.96. The average molecular weight is 501 g/mol. The maximum Gasteiger partial charge on any atom is 0.307 e. The summed E-state index contributed by atoms with van der Waals surface area (Å²) in [4.78, 5) is 14.2. The second kappa shape index (κ2) is 10.8. The Kier molecular flexibility index (Phi) is 8.45. The van der Waals surface area contributed by atoms with Gasteiger partial charge in [0, 0.05) is 31.7 Å². The van der Waals surface area contributed by atoms with Crippen LogP contribution in [0.15, 0.2) is 59.6 Å². The van der Waals surface area contributed by atoms with Crippen molar-refractivity contribution in [2.45, 2.75) is 70.9 Å². The number of hydrogen-bond donors (Lipinski definition) is 1. The van der Waals surface area contributed by atoms with Crippen molar-refractivity contribution in [3.8, 4) is 0 Å². The molecule has 3 rings (SSSR count). The molecule has 6 nitrogen and oxygen atoms in total.